The largest absolute Gasteiger partial charge is 0.290 e. The molecule has 1 fully saturated rings. The molecular formula is C23H27FN4. The third kappa shape index (κ3) is 3.99. The summed E-state index contributed by atoms with van der Waals surface area (Å²) >= 11 is 0. The number of pyridine rings is 1. The van der Waals surface area contributed by atoms with E-state index in [4.69, 9.17) is 4.98 Å². The number of aryl methyl sites for hydroxylation is 2. The van der Waals surface area contributed by atoms with E-state index in [0.29, 0.717) is 6.04 Å². The van der Waals surface area contributed by atoms with Crippen LogP contribution >= 0.6 is 0 Å². The molecule has 28 heavy (non-hydrogen) atoms. The van der Waals surface area contributed by atoms with Gasteiger partial charge in [-0.3, -0.25) is 14.6 Å². The van der Waals surface area contributed by atoms with Gasteiger partial charge in [0.05, 0.1) is 17.9 Å². The molecule has 0 spiro atoms. The summed E-state index contributed by atoms with van der Waals surface area (Å²) < 4.78 is 15.5. The number of benzene rings is 1. The highest BCUT2D eigenvalue weighted by molar-refractivity contribution is 5.30. The Balaban J connectivity index is 1.57. The Kier molecular flexibility index (Phi) is 5.27. The average molecular weight is 378 g/mol. The van der Waals surface area contributed by atoms with Gasteiger partial charge in [-0.05, 0) is 75.0 Å². The monoisotopic (exact) mass is 378 g/mol. The summed E-state index contributed by atoms with van der Waals surface area (Å²) in [7, 11) is 1.99. The van der Waals surface area contributed by atoms with Crippen molar-refractivity contribution in [2.75, 3.05) is 6.54 Å². The van der Waals surface area contributed by atoms with Gasteiger partial charge in [-0.25, -0.2) is 4.39 Å². The molecule has 146 valence electrons. The van der Waals surface area contributed by atoms with Gasteiger partial charge in [0, 0.05) is 30.5 Å². The fourth-order valence-corrected chi connectivity index (χ4v) is 4.19. The lowest BCUT2D eigenvalue weighted by atomic mass is 10.0. The quantitative estimate of drug-likeness (QED) is 0.656. The molecule has 0 N–H and O–H groups in total. The topological polar surface area (TPSA) is 34.0 Å². The standard InChI is InChI=1S/C23H27FN4/c1-16-10-19(11-18-6-4-7-21(24)12-18)13-22(26-16)23-8-5-9-28(23)15-20-14-25-27(3)17(20)2/h4,6-7,10,12-14,23H,5,8-9,11,15H2,1-3H3. The molecule has 1 aromatic carbocycles. The van der Waals surface area contributed by atoms with E-state index in [1.807, 2.05) is 30.9 Å². The maximum Gasteiger partial charge on any atom is 0.123 e. The van der Waals surface area contributed by atoms with Crippen LogP contribution in [0.25, 0.3) is 0 Å². The molecule has 4 rings (SSSR count). The van der Waals surface area contributed by atoms with Gasteiger partial charge in [0.1, 0.15) is 5.82 Å². The first-order valence-corrected chi connectivity index (χ1v) is 9.93. The van der Waals surface area contributed by atoms with E-state index >= 15 is 0 Å². The molecule has 5 heteroatoms. The summed E-state index contributed by atoms with van der Waals surface area (Å²) in [6.07, 6.45) is 5.00. The van der Waals surface area contributed by atoms with Crippen molar-refractivity contribution in [2.45, 2.75) is 45.7 Å². The van der Waals surface area contributed by atoms with Gasteiger partial charge in [0.25, 0.3) is 0 Å². The normalized spacial score (nSPS) is 17.4. The van der Waals surface area contributed by atoms with Gasteiger partial charge in [-0.2, -0.15) is 5.10 Å². The van der Waals surface area contributed by atoms with Crippen LogP contribution < -0.4 is 0 Å². The van der Waals surface area contributed by atoms with Crippen molar-refractivity contribution in [1.82, 2.24) is 19.7 Å². The number of hydrogen-bond donors (Lipinski definition) is 0. The summed E-state index contributed by atoms with van der Waals surface area (Å²) in [4.78, 5) is 7.37. The lowest BCUT2D eigenvalue weighted by Gasteiger charge is -2.24. The maximum absolute atomic E-state index is 13.5. The van der Waals surface area contributed by atoms with Crippen LogP contribution in [0.4, 0.5) is 4.39 Å². The van der Waals surface area contributed by atoms with Gasteiger partial charge in [0.15, 0.2) is 0 Å². The number of halogens is 1. The Morgan fingerprint density at radius 1 is 1.14 bits per heavy atom. The highest BCUT2D eigenvalue weighted by Crippen LogP contribution is 2.33. The number of likely N-dealkylation sites (tertiary alicyclic amines) is 1. The van der Waals surface area contributed by atoms with Gasteiger partial charge in [-0.15, -0.1) is 0 Å². The summed E-state index contributed by atoms with van der Waals surface area (Å²) in [6, 6.07) is 11.5. The molecule has 1 aliphatic heterocycles. The first-order chi connectivity index (χ1) is 13.5. The molecule has 1 unspecified atom stereocenters. The zero-order valence-electron chi connectivity index (χ0n) is 16.8. The van der Waals surface area contributed by atoms with Crippen LogP contribution in [-0.2, 0) is 20.0 Å². The minimum absolute atomic E-state index is 0.183. The smallest absolute Gasteiger partial charge is 0.123 e. The second-order valence-electron chi connectivity index (χ2n) is 7.86. The molecule has 0 saturated carbocycles. The molecule has 4 nitrogen and oxygen atoms in total. The summed E-state index contributed by atoms with van der Waals surface area (Å²) in [6.45, 7) is 6.14. The Morgan fingerprint density at radius 3 is 2.75 bits per heavy atom. The van der Waals surface area contributed by atoms with Crippen LogP contribution in [0.2, 0.25) is 0 Å². The van der Waals surface area contributed by atoms with Crippen LogP contribution in [-0.4, -0.2) is 26.2 Å². The maximum atomic E-state index is 13.5. The highest BCUT2D eigenvalue weighted by atomic mass is 19.1. The highest BCUT2D eigenvalue weighted by Gasteiger charge is 2.28. The third-order valence-electron chi connectivity index (χ3n) is 5.75. The summed E-state index contributed by atoms with van der Waals surface area (Å²) in [5.74, 6) is -0.183. The van der Waals surface area contributed by atoms with Crippen molar-refractivity contribution < 1.29 is 4.39 Å². The molecule has 1 aliphatic rings. The summed E-state index contributed by atoms with van der Waals surface area (Å²) in [5.41, 5.74) is 6.83. The molecule has 0 bridgehead atoms. The summed E-state index contributed by atoms with van der Waals surface area (Å²) in [5, 5.41) is 4.38. The molecule has 1 atom stereocenters. The minimum atomic E-state index is -0.183. The average Bonchev–Trinajstić information content (AvgIpc) is 3.23. The molecule has 3 heterocycles. The predicted octanol–water partition coefficient (Wildman–Crippen LogP) is 4.50. The molecule has 0 radical (unpaired) electrons. The Labute approximate surface area is 166 Å². The van der Waals surface area contributed by atoms with Gasteiger partial charge >= 0.3 is 0 Å². The van der Waals surface area contributed by atoms with Gasteiger partial charge in [-0.1, -0.05) is 12.1 Å². The first-order valence-electron chi connectivity index (χ1n) is 9.93. The van der Waals surface area contributed by atoms with Crippen LogP contribution in [0.5, 0.6) is 0 Å². The Bertz CT molecular complexity index is 978. The lowest BCUT2D eigenvalue weighted by molar-refractivity contribution is 0.243. The van der Waals surface area contributed by atoms with Crippen molar-refractivity contribution >= 4 is 0 Å². The fourth-order valence-electron chi connectivity index (χ4n) is 4.19. The molecule has 2 aromatic heterocycles. The molecule has 1 saturated heterocycles. The van der Waals surface area contributed by atoms with Crippen LogP contribution in [0.15, 0.2) is 42.6 Å². The second-order valence-corrected chi connectivity index (χ2v) is 7.86. The second kappa shape index (κ2) is 7.84. The molecular weight excluding hydrogens is 351 g/mol. The van der Waals surface area contributed by atoms with Crippen LogP contribution in [0.3, 0.4) is 0 Å². The molecule has 0 aliphatic carbocycles. The van der Waals surface area contributed by atoms with E-state index in [9.17, 15) is 4.39 Å². The zero-order valence-corrected chi connectivity index (χ0v) is 16.8. The first kappa shape index (κ1) is 18.8. The van der Waals surface area contributed by atoms with Crippen molar-refractivity contribution in [2.24, 2.45) is 7.05 Å². The van der Waals surface area contributed by atoms with E-state index in [-0.39, 0.29) is 5.82 Å². The van der Waals surface area contributed by atoms with E-state index in [2.05, 4.69) is 29.1 Å². The Hall–Kier alpha value is -2.53. The number of rotatable bonds is 5. The lowest BCUT2D eigenvalue weighted by Crippen LogP contribution is -2.24. The van der Waals surface area contributed by atoms with Crippen LogP contribution in [0, 0.1) is 19.7 Å². The molecule has 0 amide bonds. The van der Waals surface area contributed by atoms with E-state index in [1.54, 1.807) is 12.1 Å². The van der Waals surface area contributed by atoms with Crippen molar-refractivity contribution in [3.05, 3.63) is 82.2 Å². The zero-order chi connectivity index (χ0) is 19.7. The van der Waals surface area contributed by atoms with Crippen molar-refractivity contribution in [3.63, 3.8) is 0 Å². The molecule has 3 aromatic rings. The Morgan fingerprint density at radius 2 is 2.00 bits per heavy atom. The van der Waals surface area contributed by atoms with E-state index in [0.717, 1.165) is 42.9 Å². The van der Waals surface area contributed by atoms with Gasteiger partial charge < -0.3 is 0 Å². The predicted molar refractivity (Wildman–Crippen MR) is 109 cm³/mol. The number of aromatic nitrogens is 3. The third-order valence-corrected chi connectivity index (χ3v) is 5.75. The SMILES string of the molecule is Cc1cc(Cc2cccc(F)c2)cc(C2CCCN2Cc2cnn(C)c2C)n1. The van der Waals surface area contributed by atoms with Crippen LogP contribution in [0.1, 0.15) is 52.7 Å². The van der Waals surface area contributed by atoms with Crippen molar-refractivity contribution in [1.29, 1.82) is 0 Å². The van der Waals surface area contributed by atoms with E-state index in [1.165, 1.54) is 29.3 Å². The van der Waals surface area contributed by atoms with E-state index < -0.39 is 0 Å². The number of hydrogen-bond acceptors (Lipinski definition) is 3. The number of nitrogens with zero attached hydrogens (tertiary/aromatic N) is 4. The minimum Gasteiger partial charge on any atom is -0.290 e. The fraction of sp³-hybridized carbons (Fsp3) is 0.391. The van der Waals surface area contributed by atoms with Crippen molar-refractivity contribution in [3.8, 4) is 0 Å². The van der Waals surface area contributed by atoms with Gasteiger partial charge in [0.2, 0.25) is 0 Å².